The van der Waals surface area contributed by atoms with E-state index >= 15 is 0 Å². The van der Waals surface area contributed by atoms with Gasteiger partial charge in [0.15, 0.2) is 5.03 Å². The number of rotatable bonds is 8. The number of nitrogens with one attached hydrogen (secondary N) is 2. The molecule has 0 bridgehead atoms. The average Bonchev–Trinajstić information content (AvgIpc) is 3.11. The van der Waals surface area contributed by atoms with Gasteiger partial charge in [0.05, 0.1) is 12.8 Å². The zero-order valence-electron chi connectivity index (χ0n) is 15.0. The summed E-state index contributed by atoms with van der Waals surface area (Å²) in [7, 11) is -3.98. The van der Waals surface area contributed by atoms with Gasteiger partial charge in [-0.3, -0.25) is 5.10 Å². The van der Waals surface area contributed by atoms with Crippen LogP contribution in [0, 0.1) is 0 Å². The van der Waals surface area contributed by atoms with Crippen molar-refractivity contribution in [1.82, 2.24) is 14.9 Å². The van der Waals surface area contributed by atoms with Crippen LogP contribution in [-0.4, -0.2) is 37.7 Å². The van der Waals surface area contributed by atoms with Gasteiger partial charge in [0.25, 0.3) is 10.0 Å². The zero-order chi connectivity index (χ0) is 19.3. The van der Waals surface area contributed by atoms with Gasteiger partial charge in [-0.25, -0.2) is 17.9 Å². The van der Waals surface area contributed by atoms with Crippen molar-refractivity contribution in [3.05, 3.63) is 47.2 Å². The smallest absolute Gasteiger partial charge is 0.342 e. The molecule has 0 saturated carbocycles. The third-order valence-electron chi connectivity index (χ3n) is 3.89. The molecule has 142 valence electrons. The van der Waals surface area contributed by atoms with Gasteiger partial charge in [0.2, 0.25) is 0 Å². The Morgan fingerprint density at radius 2 is 1.88 bits per heavy atom. The number of hydrogen-bond donors (Lipinski definition) is 3. The van der Waals surface area contributed by atoms with Crippen LogP contribution in [0.2, 0.25) is 0 Å². The van der Waals surface area contributed by atoms with Crippen molar-refractivity contribution in [3.8, 4) is 0 Å². The van der Waals surface area contributed by atoms with Crippen molar-refractivity contribution in [2.24, 2.45) is 5.73 Å². The van der Waals surface area contributed by atoms with Gasteiger partial charge in [0, 0.05) is 12.6 Å². The number of benzene rings is 1. The Morgan fingerprint density at radius 1 is 1.27 bits per heavy atom. The summed E-state index contributed by atoms with van der Waals surface area (Å²) in [6, 6.07) is 7.19. The molecule has 0 fully saturated rings. The van der Waals surface area contributed by atoms with E-state index in [1.807, 2.05) is 24.3 Å². The van der Waals surface area contributed by atoms with Gasteiger partial charge < -0.3 is 10.5 Å². The molecule has 9 heteroatoms. The largest absolute Gasteiger partial charge is 0.462 e. The van der Waals surface area contributed by atoms with E-state index in [1.54, 1.807) is 6.92 Å². The lowest BCUT2D eigenvalue weighted by Gasteiger charge is -2.14. The lowest BCUT2D eigenvalue weighted by atomic mass is 9.99. The predicted molar refractivity (Wildman–Crippen MR) is 97.2 cm³/mol. The molecule has 0 radical (unpaired) electrons. The van der Waals surface area contributed by atoms with E-state index in [2.05, 4.69) is 28.8 Å². The Bertz CT molecular complexity index is 844. The molecule has 0 aliphatic carbocycles. The molecule has 1 atom stereocenters. The highest BCUT2D eigenvalue weighted by molar-refractivity contribution is 7.89. The first-order chi connectivity index (χ1) is 12.3. The summed E-state index contributed by atoms with van der Waals surface area (Å²) in [5.41, 5.74) is 7.93. The summed E-state index contributed by atoms with van der Waals surface area (Å²) in [5, 5.41) is 5.62. The third-order valence-corrected chi connectivity index (χ3v) is 5.29. The molecule has 0 saturated heterocycles. The highest BCUT2D eigenvalue weighted by atomic mass is 32.2. The molecule has 1 unspecified atom stereocenters. The monoisotopic (exact) mass is 380 g/mol. The number of nitrogens with zero attached hydrogens (tertiary/aromatic N) is 1. The highest BCUT2D eigenvalue weighted by Crippen LogP contribution is 2.18. The maximum Gasteiger partial charge on any atom is 0.342 e. The van der Waals surface area contributed by atoms with E-state index in [-0.39, 0.29) is 23.7 Å². The lowest BCUT2D eigenvalue weighted by molar-refractivity contribution is 0.0522. The number of esters is 1. The van der Waals surface area contributed by atoms with Crippen molar-refractivity contribution in [3.63, 3.8) is 0 Å². The fourth-order valence-corrected chi connectivity index (χ4v) is 3.49. The predicted octanol–water partition coefficient (Wildman–Crippen LogP) is 1.69. The minimum atomic E-state index is -3.98. The van der Waals surface area contributed by atoms with Crippen LogP contribution in [0.25, 0.3) is 0 Å². The second-order valence-corrected chi connectivity index (χ2v) is 7.82. The van der Waals surface area contributed by atoms with Crippen molar-refractivity contribution in [1.29, 1.82) is 0 Å². The number of carbonyl (C=O) groups excluding carboxylic acids is 1. The van der Waals surface area contributed by atoms with Crippen LogP contribution < -0.4 is 10.5 Å². The van der Waals surface area contributed by atoms with Crippen LogP contribution in [0.15, 0.2) is 35.5 Å². The van der Waals surface area contributed by atoms with E-state index in [9.17, 15) is 13.2 Å². The molecule has 1 aromatic carbocycles. The van der Waals surface area contributed by atoms with Gasteiger partial charge in [-0.1, -0.05) is 38.1 Å². The number of aromatic amines is 1. The molecule has 1 heterocycles. The molecule has 8 nitrogen and oxygen atoms in total. The minimum absolute atomic E-state index is 0.0232. The van der Waals surface area contributed by atoms with Gasteiger partial charge in [-0.15, -0.1) is 0 Å². The normalized spacial score (nSPS) is 13.0. The maximum absolute atomic E-state index is 12.5. The van der Waals surface area contributed by atoms with Crippen LogP contribution in [0.4, 0.5) is 0 Å². The molecule has 26 heavy (non-hydrogen) atoms. The fourth-order valence-electron chi connectivity index (χ4n) is 2.35. The molecular formula is C17H24N4O4S. The summed E-state index contributed by atoms with van der Waals surface area (Å²) >= 11 is 0. The second-order valence-electron chi connectivity index (χ2n) is 6.11. The van der Waals surface area contributed by atoms with Gasteiger partial charge >= 0.3 is 5.97 Å². The Hall–Kier alpha value is -2.23. The molecule has 2 rings (SSSR count). The molecule has 1 aromatic heterocycles. The summed E-state index contributed by atoms with van der Waals surface area (Å²) in [5.74, 6) is -0.351. The van der Waals surface area contributed by atoms with Gasteiger partial charge in [-0.2, -0.15) is 5.10 Å². The molecule has 0 aliphatic heterocycles. The van der Waals surface area contributed by atoms with Crippen LogP contribution in [0.5, 0.6) is 0 Å². The molecular weight excluding hydrogens is 356 g/mol. The number of carbonyl (C=O) groups is 1. The summed E-state index contributed by atoms with van der Waals surface area (Å²) in [4.78, 5) is 11.8. The maximum atomic E-state index is 12.5. The number of ether oxygens (including phenoxy) is 1. The summed E-state index contributed by atoms with van der Waals surface area (Å²) in [6.45, 7) is 5.93. The third kappa shape index (κ3) is 4.69. The van der Waals surface area contributed by atoms with E-state index in [4.69, 9.17) is 10.5 Å². The first kappa shape index (κ1) is 20.1. The minimum Gasteiger partial charge on any atom is -0.462 e. The van der Waals surface area contributed by atoms with Crippen LogP contribution in [-0.2, 0) is 14.8 Å². The summed E-state index contributed by atoms with van der Waals surface area (Å²) < 4.78 is 32.1. The number of nitrogens with two attached hydrogens (primary N) is 1. The van der Waals surface area contributed by atoms with Crippen molar-refractivity contribution < 1.29 is 17.9 Å². The van der Waals surface area contributed by atoms with Crippen LogP contribution >= 0.6 is 0 Å². The highest BCUT2D eigenvalue weighted by Gasteiger charge is 2.26. The number of sulfonamides is 1. The Labute approximate surface area is 153 Å². The number of hydrogen-bond acceptors (Lipinski definition) is 6. The second kappa shape index (κ2) is 8.43. The van der Waals surface area contributed by atoms with E-state index in [1.165, 1.54) is 5.56 Å². The van der Waals surface area contributed by atoms with E-state index < -0.39 is 22.0 Å². The first-order valence-corrected chi connectivity index (χ1v) is 9.80. The Kier molecular flexibility index (Phi) is 6.52. The van der Waals surface area contributed by atoms with Crippen molar-refractivity contribution in [2.75, 3.05) is 13.2 Å². The van der Waals surface area contributed by atoms with Gasteiger partial charge in [-0.05, 0) is 24.0 Å². The zero-order valence-corrected chi connectivity index (χ0v) is 15.8. The topological polar surface area (TPSA) is 127 Å². The number of H-pyrrole nitrogens is 1. The van der Waals surface area contributed by atoms with Crippen LogP contribution in [0.1, 0.15) is 54.2 Å². The fraction of sp³-hybridized carbons (Fsp3) is 0.412. The molecule has 4 N–H and O–H groups in total. The molecule has 0 aliphatic rings. The molecule has 0 amide bonds. The van der Waals surface area contributed by atoms with Gasteiger partial charge in [0.1, 0.15) is 5.56 Å². The van der Waals surface area contributed by atoms with E-state index in [0.29, 0.717) is 5.92 Å². The molecule has 0 spiro atoms. The molecule has 2 aromatic rings. The average molecular weight is 380 g/mol. The first-order valence-electron chi connectivity index (χ1n) is 8.31. The van der Waals surface area contributed by atoms with E-state index in [0.717, 1.165) is 11.8 Å². The summed E-state index contributed by atoms with van der Waals surface area (Å²) in [6.07, 6.45) is 1.12. The Morgan fingerprint density at radius 3 is 2.46 bits per heavy atom. The lowest BCUT2D eigenvalue weighted by Crippen LogP contribution is -2.33. The van der Waals surface area contributed by atoms with Crippen LogP contribution in [0.3, 0.4) is 0 Å². The van der Waals surface area contributed by atoms with Crippen molar-refractivity contribution >= 4 is 16.0 Å². The van der Waals surface area contributed by atoms with Crippen molar-refractivity contribution in [2.45, 2.75) is 37.8 Å². The SMILES string of the molecule is CCOC(=O)c1cn[nH]c1S(=O)(=O)NCC(N)c1ccc(C(C)C)cc1. The number of aromatic nitrogens is 2. The quantitative estimate of drug-likeness (QED) is 0.598. The Balaban J connectivity index is 2.08. The standard InChI is InChI=1S/C17H24N4O4S/c1-4-25-17(22)14-9-19-21-16(14)26(23,24)20-10-15(18)13-7-5-12(6-8-13)11(2)3/h5-9,11,15,20H,4,10,18H2,1-3H3,(H,19,21).